The van der Waals surface area contributed by atoms with Crippen LogP contribution < -0.4 is 0 Å². The summed E-state index contributed by atoms with van der Waals surface area (Å²) in [7, 11) is 1.26. The Morgan fingerprint density at radius 2 is 2.33 bits per heavy atom. The molecule has 0 saturated heterocycles. The van der Waals surface area contributed by atoms with Crippen LogP contribution >= 0.6 is 0 Å². The molecule has 0 radical (unpaired) electrons. The number of ether oxygens (including phenoxy) is 1. The fraction of sp³-hybridized carbons (Fsp3) is 0.111. The fourth-order valence-corrected chi connectivity index (χ4v) is 1.30. The van der Waals surface area contributed by atoms with Crippen molar-refractivity contribution in [3.63, 3.8) is 0 Å². The van der Waals surface area contributed by atoms with Gasteiger partial charge in [-0.15, -0.1) is 0 Å². The minimum absolute atomic E-state index is 0.121. The highest BCUT2D eigenvalue weighted by atomic mass is 16.5. The van der Waals surface area contributed by atoms with Gasteiger partial charge in [0.15, 0.2) is 12.0 Å². The van der Waals surface area contributed by atoms with E-state index >= 15 is 0 Å². The van der Waals surface area contributed by atoms with Crippen LogP contribution in [0.25, 0.3) is 11.0 Å². The molecule has 0 aliphatic carbocycles. The average Bonchev–Trinajstić information content (AvgIpc) is 2.70. The lowest BCUT2D eigenvalue weighted by Gasteiger charge is -1.98. The summed E-state index contributed by atoms with van der Waals surface area (Å²) in [4.78, 5) is 32.4. The third-order valence-electron chi connectivity index (χ3n) is 2.00. The first-order valence-electron chi connectivity index (χ1n) is 4.13. The van der Waals surface area contributed by atoms with Crippen LogP contribution in [0.3, 0.4) is 0 Å². The van der Waals surface area contributed by atoms with E-state index in [1.807, 2.05) is 0 Å². The summed E-state index contributed by atoms with van der Waals surface area (Å²) in [5, 5.41) is 0. The Balaban J connectivity index is 2.72. The first-order chi connectivity index (χ1) is 7.27. The number of hydrogen-bond donors (Lipinski definition) is 1. The van der Waals surface area contributed by atoms with Gasteiger partial charge in [-0.1, -0.05) is 0 Å². The van der Waals surface area contributed by atoms with Crippen molar-refractivity contribution in [2.75, 3.05) is 7.11 Å². The number of esters is 1. The summed E-state index contributed by atoms with van der Waals surface area (Å²) >= 11 is 0. The number of aromatic nitrogens is 3. The van der Waals surface area contributed by atoms with E-state index in [1.54, 1.807) is 0 Å². The number of H-pyrrole nitrogens is 1. The van der Waals surface area contributed by atoms with Crippen LogP contribution in [0.15, 0.2) is 12.5 Å². The van der Waals surface area contributed by atoms with Gasteiger partial charge in [0.05, 0.1) is 18.2 Å². The molecule has 0 bridgehead atoms. The van der Waals surface area contributed by atoms with Gasteiger partial charge < -0.3 is 9.72 Å². The zero-order chi connectivity index (χ0) is 10.8. The Labute approximate surface area is 84.3 Å². The molecule has 0 aromatic carbocycles. The van der Waals surface area contributed by atoms with Gasteiger partial charge in [0.1, 0.15) is 11.8 Å². The van der Waals surface area contributed by atoms with E-state index < -0.39 is 5.97 Å². The molecule has 0 saturated carbocycles. The number of nitrogens with one attached hydrogen (secondary N) is 1. The Morgan fingerprint density at radius 3 is 3.00 bits per heavy atom. The van der Waals surface area contributed by atoms with Crippen molar-refractivity contribution in [1.82, 2.24) is 15.0 Å². The zero-order valence-electron chi connectivity index (χ0n) is 7.85. The predicted molar refractivity (Wildman–Crippen MR) is 50.6 cm³/mol. The van der Waals surface area contributed by atoms with Crippen LogP contribution in [0.5, 0.6) is 0 Å². The van der Waals surface area contributed by atoms with E-state index in [1.165, 1.54) is 19.6 Å². The van der Waals surface area contributed by atoms with Crippen molar-refractivity contribution in [2.24, 2.45) is 0 Å². The monoisotopic (exact) mass is 205 g/mol. The highest BCUT2D eigenvalue weighted by molar-refractivity contribution is 6.04. The molecule has 76 valence electrons. The van der Waals surface area contributed by atoms with Gasteiger partial charge in [-0.25, -0.2) is 14.8 Å². The van der Waals surface area contributed by atoms with Crippen LogP contribution in [-0.2, 0) is 4.74 Å². The van der Waals surface area contributed by atoms with Gasteiger partial charge in [0.25, 0.3) is 0 Å². The van der Waals surface area contributed by atoms with Crippen LogP contribution in [0.2, 0.25) is 0 Å². The van der Waals surface area contributed by atoms with Gasteiger partial charge in [0.2, 0.25) is 0 Å². The van der Waals surface area contributed by atoms with Crippen LogP contribution in [0.1, 0.15) is 20.8 Å². The maximum Gasteiger partial charge on any atom is 0.358 e. The smallest absolute Gasteiger partial charge is 0.358 e. The molecule has 0 atom stereocenters. The Hall–Kier alpha value is -2.24. The molecule has 0 amide bonds. The van der Waals surface area contributed by atoms with Crippen molar-refractivity contribution < 1.29 is 14.3 Å². The molecule has 6 heteroatoms. The summed E-state index contributed by atoms with van der Waals surface area (Å²) < 4.78 is 4.55. The molecule has 2 rings (SSSR count). The van der Waals surface area contributed by atoms with Crippen molar-refractivity contribution in [2.45, 2.75) is 0 Å². The number of nitrogens with zero attached hydrogens (tertiary/aromatic N) is 2. The van der Waals surface area contributed by atoms with Crippen LogP contribution in [0.4, 0.5) is 0 Å². The van der Waals surface area contributed by atoms with E-state index in [-0.39, 0.29) is 5.69 Å². The number of methoxy groups -OCH3 is 1. The lowest BCUT2D eigenvalue weighted by atomic mass is 10.2. The van der Waals surface area contributed by atoms with E-state index in [4.69, 9.17) is 0 Å². The quantitative estimate of drug-likeness (QED) is 0.571. The Kier molecular flexibility index (Phi) is 2.17. The molecule has 15 heavy (non-hydrogen) atoms. The van der Waals surface area contributed by atoms with E-state index in [2.05, 4.69) is 19.7 Å². The number of carbonyl (C=O) groups excluding carboxylic acids is 2. The van der Waals surface area contributed by atoms with E-state index in [0.29, 0.717) is 22.9 Å². The predicted octanol–water partition coefficient (Wildman–Crippen LogP) is 0.557. The molecule has 2 aromatic rings. The summed E-state index contributed by atoms with van der Waals surface area (Å²) in [6.45, 7) is 0. The SMILES string of the molecule is COC(=O)c1ncnc2c(C=O)c[nH]c12. The Bertz CT molecular complexity index is 532. The van der Waals surface area contributed by atoms with Crippen molar-refractivity contribution in [1.29, 1.82) is 0 Å². The molecule has 2 heterocycles. The molecule has 0 fully saturated rings. The molecule has 0 spiro atoms. The van der Waals surface area contributed by atoms with Crippen LogP contribution in [0, 0.1) is 0 Å². The maximum atomic E-state index is 11.3. The normalized spacial score (nSPS) is 10.2. The second kappa shape index (κ2) is 3.49. The van der Waals surface area contributed by atoms with Gasteiger partial charge in [-0.05, 0) is 0 Å². The number of aldehydes is 1. The van der Waals surface area contributed by atoms with Crippen molar-refractivity contribution in [3.8, 4) is 0 Å². The fourth-order valence-electron chi connectivity index (χ4n) is 1.30. The summed E-state index contributed by atoms with van der Waals surface area (Å²) in [6.07, 6.45) is 3.35. The van der Waals surface area contributed by atoms with Gasteiger partial charge in [-0.2, -0.15) is 0 Å². The molecule has 6 nitrogen and oxygen atoms in total. The second-order valence-electron chi connectivity index (χ2n) is 2.80. The standard InChI is InChI=1S/C9H7N3O3/c1-15-9(14)8-7-6(11-4-12-8)5(3-13)2-10-7/h2-4,10H,1H3. The molecule has 1 N–H and O–H groups in total. The van der Waals surface area contributed by atoms with Crippen molar-refractivity contribution >= 4 is 23.3 Å². The minimum atomic E-state index is -0.568. The first-order valence-corrected chi connectivity index (χ1v) is 4.13. The minimum Gasteiger partial charge on any atom is -0.464 e. The molecular formula is C9H7N3O3. The van der Waals surface area contributed by atoms with Gasteiger partial charge in [0, 0.05) is 6.20 Å². The second-order valence-corrected chi connectivity index (χ2v) is 2.80. The number of fused-ring (bicyclic) bond motifs is 1. The molecule has 2 aromatic heterocycles. The highest BCUT2D eigenvalue weighted by Gasteiger charge is 2.15. The first kappa shape index (κ1) is 9.32. The van der Waals surface area contributed by atoms with Crippen molar-refractivity contribution in [3.05, 3.63) is 23.8 Å². The number of aromatic amines is 1. The lowest BCUT2D eigenvalue weighted by molar-refractivity contribution is 0.0596. The largest absolute Gasteiger partial charge is 0.464 e. The third-order valence-corrected chi connectivity index (χ3v) is 2.00. The number of rotatable bonds is 2. The molecule has 0 aliphatic heterocycles. The van der Waals surface area contributed by atoms with E-state index in [0.717, 1.165) is 0 Å². The van der Waals surface area contributed by atoms with E-state index in [9.17, 15) is 9.59 Å². The Morgan fingerprint density at radius 1 is 1.53 bits per heavy atom. The summed E-state index contributed by atoms with van der Waals surface area (Å²) in [5.74, 6) is -0.568. The molecule has 0 aliphatic rings. The maximum absolute atomic E-state index is 11.3. The average molecular weight is 205 g/mol. The highest BCUT2D eigenvalue weighted by Crippen LogP contribution is 2.16. The summed E-state index contributed by atoms with van der Waals surface area (Å²) in [6, 6.07) is 0. The lowest BCUT2D eigenvalue weighted by Crippen LogP contribution is -2.05. The van der Waals surface area contributed by atoms with Gasteiger partial charge in [-0.3, -0.25) is 4.79 Å². The van der Waals surface area contributed by atoms with Crippen LogP contribution in [-0.4, -0.2) is 34.3 Å². The number of carbonyl (C=O) groups is 2. The zero-order valence-corrected chi connectivity index (χ0v) is 7.85. The number of hydrogen-bond acceptors (Lipinski definition) is 5. The molecule has 0 unspecified atom stereocenters. The topological polar surface area (TPSA) is 84.9 Å². The third kappa shape index (κ3) is 1.35. The van der Waals surface area contributed by atoms with Gasteiger partial charge >= 0.3 is 5.97 Å². The molecular weight excluding hydrogens is 198 g/mol. The summed E-state index contributed by atoms with van der Waals surface area (Å²) in [5.41, 5.74) is 1.33.